The monoisotopic (exact) mass is 302 g/mol. The van der Waals surface area contributed by atoms with Crippen LogP contribution in [0.5, 0.6) is 0 Å². The van der Waals surface area contributed by atoms with Crippen LogP contribution in [0.3, 0.4) is 0 Å². The van der Waals surface area contributed by atoms with Crippen molar-refractivity contribution in [1.82, 2.24) is 10.2 Å². The van der Waals surface area contributed by atoms with Crippen LogP contribution in [0.25, 0.3) is 0 Å². The fourth-order valence-corrected chi connectivity index (χ4v) is 2.56. The van der Waals surface area contributed by atoms with Crippen LogP contribution in [-0.4, -0.2) is 64.1 Å². The molecular weight excluding hydrogens is 264 g/mol. The van der Waals surface area contributed by atoms with E-state index in [1.165, 1.54) is 6.42 Å². The molecule has 0 rings (SSSR count). The van der Waals surface area contributed by atoms with Gasteiger partial charge >= 0.3 is 0 Å². The number of rotatable bonds is 12. The standard InChI is InChI=1S/C17H38N2O2/c1-8-10-18-16(17(3,4)5)9-11-19(12-13-20-6)15(2)14-21-7/h15-16,18H,8-14H2,1-7H3. The zero-order chi connectivity index (χ0) is 16.3. The van der Waals surface area contributed by atoms with Crippen LogP contribution in [0, 0.1) is 5.41 Å². The molecule has 0 fully saturated rings. The molecule has 0 amide bonds. The lowest BCUT2D eigenvalue weighted by molar-refractivity contribution is 0.0689. The lowest BCUT2D eigenvalue weighted by Gasteiger charge is -2.35. The van der Waals surface area contributed by atoms with E-state index in [0.717, 1.165) is 39.3 Å². The van der Waals surface area contributed by atoms with Crippen LogP contribution >= 0.6 is 0 Å². The molecule has 0 aromatic rings. The summed E-state index contributed by atoms with van der Waals surface area (Å²) in [6.45, 7) is 16.1. The van der Waals surface area contributed by atoms with Gasteiger partial charge in [0.1, 0.15) is 0 Å². The van der Waals surface area contributed by atoms with E-state index in [4.69, 9.17) is 9.47 Å². The molecule has 0 heterocycles. The average molecular weight is 303 g/mol. The number of hydrogen-bond acceptors (Lipinski definition) is 4. The molecule has 2 atom stereocenters. The highest BCUT2D eigenvalue weighted by atomic mass is 16.5. The van der Waals surface area contributed by atoms with Gasteiger partial charge in [-0.3, -0.25) is 4.90 Å². The number of nitrogens with one attached hydrogen (secondary N) is 1. The van der Waals surface area contributed by atoms with Gasteiger partial charge in [-0.1, -0.05) is 27.7 Å². The molecule has 21 heavy (non-hydrogen) atoms. The zero-order valence-electron chi connectivity index (χ0n) is 15.4. The van der Waals surface area contributed by atoms with E-state index < -0.39 is 0 Å². The van der Waals surface area contributed by atoms with Gasteiger partial charge in [0.15, 0.2) is 0 Å². The van der Waals surface area contributed by atoms with E-state index in [1.54, 1.807) is 14.2 Å². The molecule has 1 N–H and O–H groups in total. The molecule has 0 aromatic heterocycles. The minimum Gasteiger partial charge on any atom is -0.383 e. The molecule has 0 aliphatic carbocycles. The minimum atomic E-state index is 0.284. The van der Waals surface area contributed by atoms with Crippen molar-refractivity contribution in [2.45, 2.75) is 59.5 Å². The smallest absolute Gasteiger partial charge is 0.0615 e. The third-order valence-electron chi connectivity index (χ3n) is 4.00. The summed E-state index contributed by atoms with van der Waals surface area (Å²) in [6.07, 6.45) is 2.33. The second kappa shape index (κ2) is 11.4. The molecule has 4 nitrogen and oxygen atoms in total. The van der Waals surface area contributed by atoms with Crippen molar-refractivity contribution >= 4 is 0 Å². The Labute approximate surface area is 132 Å². The Balaban J connectivity index is 4.50. The summed E-state index contributed by atoms with van der Waals surface area (Å²) in [7, 11) is 3.53. The summed E-state index contributed by atoms with van der Waals surface area (Å²) in [5.41, 5.74) is 0.284. The third-order valence-corrected chi connectivity index (χ3v) is 4.00. The highest BCUT2D eigenvalue weighted by Gasteiger charge is 2.25. The first-order chi connectivity index (χ1) is 9.86. The van der Waals surface area contributed by atoms with E-state index in [2.05, 4.69) is 44.8 Å². The SMILES string of the molecule is CCCNC(CCN(CCOC)C(C)COC)C(C)(C)C. The van der Waals surface area contributed by atoms with Gasteiger partial charge in [-0.15, -0.1) is 0 Å². The van der Waals surface area contributed by atoms with Gasteiger partial charge in [0.2, 0.25) is 0 Å². The Morgan fingerprint density at radius 1 is 1.10 bits per heavy atom. The third kappa shape index (κ3) is 9.46. The predicted octanol–water partition coefficient (Wildman–Crippen LogP) is 2.77. The van der Waals surface area contributed by atoms with E-state index in [-0.39, 0.29) is 5.41 Å². The highest BCUT2D eigenvalue weighted by Crippen LogP contribution is 2.22. The summed E-state index contributed by atoms with van der Waals surface area (Å²) < 4.78 is 10.5. The van der Waals surface area contributed by atoms with Crippen LogP contribution in [0.4, 0.5) is 0 Å². The second-order valence-electron chi connectivity index (χ2n) is 6.99. The van der Waals surface area contributed by atoms with Crippen molar-refractivity contribution < 1.29 is 9.47 Å². The predicted molar refractivity (Wildman–Crippen MR) is 90.9 cm³/mol. The molecule has 0 spiro atoms. The van der Waals surface area contributed by atoms with Gasteiger partial charge in [0.25, 0.3) is 0 Å². The molecule has 0 aliphatic heterocycles. The summed E-state index contributed by atoms with van der Waals surface area (Å²) >= 11 is 0. The maximum Gasteiger partial charge on any atom is 0.0615 e. The van der Waals surface area contributed by atoms with E-state index in [1.807, 2.05) is 0 Å². The van der Waals surface area contributed by atoms with Crippen molar-refractivity contribution in [3.8, 4) is 0 Å². The number of ether oxygens (including phenoxy) is 2. The first kappa shape index (κ1) is 20.8. The first-order valence-corrected chi connectivity index (χ1v) is 8.32. The topological polar surface area (TPSA) is 33.7 Å². The van der Waals surface area contributed by atoms with Gasteiger partial charge in [-0.2, -0.15) is 0 Å². The van der Waals surface area contributed by atoms with Gasteiger partial charge in [-0.05, 0) is 31.7 Å². The average Bonchev–Trinajstić information content (AvgIpc) is 2.40. The molecule has 0 bridgehead atoms. The van der Waals surface area contributed by atoms with Crippen LogP contribution < -0.4 is 5.32 Å². The Hall–Kier alpha value is -0.160. The lowest BCUT2D eigenvalue weighted by Crippen LogP contribution is -2.46. The molecule has 0 radical (unpaired) electrons. The molecule has 0 saturated carbocycles. The van der Waals surface area contributed by atoms with Crippen molar-refractivity contribution in [1.29, 1.82) is 0 Å². The quantitative estimate of drug-likeness (QED) is 0.601. The largest absolute Gasteiger partial charge is 0.383 e. The first-order valence-electron chi connectivity index (χ1n) is 8.32. The molecular formula is C17H38N2O2. The molecule has 128 valence electrons. The molecule has 0 aromatic carbocycles. The van der Waals surface area contributed by atoms with Crippen molar-refractivity contribution in [2.75, 3.05) is 47.1 Å². The zero-order valence-corrected chi connectivity index (χ0v) is 15.4. The van der Waals surface area contributed by atoms with Gasteiger partial charge in [0.05, 0.1) is 13.2 Å². The normalized spacial score (nSPS) is 15.4. The van der Waals surface area contributed by atoms with Gasteiger partial charge in [0, 0.05) is 39.4 Å². The summed E-state index contributed by atoms with van der Waals surface area (Å²) in [6, 6.07) is 0.967. The van der Waals surface area contributed by atoms with Gasteiger partial charge in [-0.25, -0.2) is 0 Å². The van der Waals surface area contributed by atoms with E-state index >= 15 is 0 Å². The Morgan fingerprint density at radius 2 is 1.76 bits per heavy atom. The second-order valence-corrected chi connectivity index (χ2v) is 6.99. The van der Waals surface area contributed by atoms with Crippen LogP contribution in [0.1, 0.15) is 47.5 Å². The Bertz CT molecular complexity index is 241. The van der Waals surface area contributed by atoms with Crippen molar-refractivity contribution in [3.05, 3.63) is 0 Å². The summed E-state index contributed by atoms with van der Waals surface area (Å²) in [5.74, 6) is 0. The van der Waals surface area contributed by atoms with Crippen molar-refractivity contribution in [3.63, 3.8) is 0 Å². The minimum absolute atomic E-state index is 0.284. The number of hydrogen-bond donors (Lipinski definition) is 1. The highest BCUT2D eigenvalue weighted by molar-refractivity contribution is 4.82. The van der Waals surface area contributed by atoms with E-state index in [0.29, 0.717) is 12.1 Å². The number of methoxy groups -OCH3 is 2. The fraction of sp³-hybridized carbons (Fsp3) is 1.00. The van der Waals surface area contributed by atoms with Crippen LogP contribution in [-0.2, 0) is 9.47 Å². The maximum absolute atomic E-state index is 5.31. The molecule has 2 unspecified atom stereocenters. The lowest BCUT2D eigenvalue weighted by atomic mass is 9.84. The summed E-state index contributed by atoms with van der Waals surface area (Å²) in [5, 5.41) is 3.70. The summed E-state index contributed by atoms with van der Waals surface area (Å²) in [4.78, 5) is 2.47. The Kier molecular flexibility index (Phi) is 11.3. The van der Waals surface area contributed by atoms with E-state index in [9.17, 15) is 0 Å². The maximum atomic E-state index is 5.31. The fourth-order valence-electron chi connectivity index (χ4n) is 2.56. The number of nitrogens with zero attached hydrogens (tertiary/aromatic N) is 1. The van der Waals surface area contributed by atoms with Crippen molar-refractivity contribution in [2.24, 2.45) is 5.41 Å². The Morgan fingerprint density at radius 3 is 2.24 bits per heavy atom. The van der Waals surface area contributed by atoms with Crippen LogP contribution in [0.15, 0.2) is 0 Å². The molecule has 0 saturated heterocycles. The molecule has 0 aliphatic rings. The molecule has 4 heteroatoms. The van der Waals surface area contributed by atoms with Crippen LogP contribution in [0.2, 0.25) is 0 Å². The van der Waals surface area contributed by atoms with Gasteiger partial charge < -0.3 is 14.8 Å².